The maximum absolute atomic E-state index is 12.6. The number of amides is 1. The molecule has 1 aliphatic heterocycles. The number of nitrogens with one attached hydrogen (secondary N) is 1. The summed E-state index contributed by atoms with van der Waals surface area (Å²) in [4.78, 5) is 16.0. The Balaban J connectivity index is 1.54. The predicted octanol–water partition coefficient (Wildman–Crippen LogP) is 4.32. The number of phenols is 1. The fourth-order valence-electron chi connectivity index (χ4n) is 3.48. The van der Waals surface area contributed by atoms with E-state index in [1.807, 2.05) is 49.6 Å². The normalized spacial score (nSPS) is 17.0. The number of aromatic hydroxyl groups is 1. The summed E-state index contributed by atoms with van der Waals surface area (Å²) in [7, 11) is 0. The number of benzene rings is 2. The van der Waals surface area contributed by atoms with Crippen LogP contribution >= 0.6 is 11.8 Å². The molecule has 5 heteroatoms. The molecule has 1 atom stereocenters. The van der Waals surface area contributed by atoms with Crippen LogP contribution in [0.1, 0.15) is 31.2 Å². The van der Waals surface area contributed by atoms with Crippen LogP contribution in [0.3, 0.4) is 0 Å². The monoisotopic (exact) mass is 370 g/mol. The van der Waals surface area contributed by atoms with E-state index in [9.17, 15) is 9.90 Å². The summed E-state index contributed by atoms with van der Waals surface area (Å²) in [5.74, 6) is 0.855. The minimum Gasteiger partial charge on any atom is -0.508 e. The second-order valence-corrected chi connectivity index (χ2v) is 7.68. The van der Waals surface area contributed by atoms with Crippen LogP contribution in [0.25, 0.3) is 0 Å². The lowest BCUT2D eigenvalue weighted by molar-refractivity contribution is -0.121. The first-order valence-electron chi connectivity index (χ1n) is 9.04. The summed E-state index contributed by atoms with van der Waals surface area (Å²) in [6.07, 6.45) is 4.09. The molecule has 138 valence electrons. The fourth-order valence-corrected chi connectivity index (χ4v) is 3.94. The van der Waals surface area contributed by atoms with E-state index in [2.05, 4.69) is 10.2 Å². The summed E-state index contributed by atoms with van der Waals surface area (Å²) < 4.78 is 0. The van der Waals surface area contributed by atoms with Crippen molar-refractivity contribution in [1.82, 2.24) is 4.90 Å². The van der Waals surface area contributed by atoms with E-state index < -0.39 is 0 Å². The van der Waals surface area contributed by atoms with Crippen LogP contribution in [-0.2, 0) is 4.79 Å². The molecule has 1 unspecified atom stereocenters. The number of carbonyl (C=O) groups is 1. The minimum absolute atomic E-state index is 0.0475. The number of carbonyl (C=O) groups excluding carboxylic acids is 1. The molecule has 1 fully saturated rings. The predicted molar refractivity (Wildman–Crippen MR) is 108 cm³/mol. The molecule has 1 heterocycles. The van der Waals surface area contributed by atoms with Crippen molar-refractivity contribution in [3.8, 4) is 5.75 Å². The van der Waals surface area contributed by atoms with Crippen molar-refractivity contribution in [2.75, 3.05) is 24.7 Å². The summed E-state index contributed by atoms with van der Waals surface area (Å²) in [5.41, 5.74) is 2.13. The van der Waals surface area contributed by atoms with Gasteiger partial charge in [0.2, 0.25) is 5.91 Å². The number of piperidine rings is 1. The SMILES string of the molecule is CSc1cccc(NC(=O)C(C)N2CCC(c3ccc(O)cc3)CC2)c1. The third-order valence-corrected chi connectivity index (χ3v) is 5.88. The molecule has 0 spiro atoms. The highest BCUT2D eigenvalue weighted by molar-refractivity contribution is 7.98. The number of likely N-dealkylation sites (tertiary alicyclic amines) is 1. The molecule has 2 N–H and O–H groups in total. The molecular formula is C21H26N2O2S. The van der Waals surface area contributed by atoms with Crippen LogP contribution in [0.2, 0.25) is 0 Å². The van der Waals surface area contributed by atoms with Gasteiger partial charge in [-0.3, -0.25) is 9.69 Å². The first-order chi connectivity index (χ1) is 12.6. The van der Waals surface area contributed by atoms with E-state index in [4.69, 9.17) is 0 Å². The van der Waals surface area contributed by atoms with Gasteiger partial charge in [-0.25, -0.2) is 0 Å². The smallest absolute Gasteiger partial charge is 0.241 e. The first-order valence-corrected chi connectivity index (χ1v) is 10.3. The Morgan fingerprint density at radius 3 is 2.54 bits per heavy atom. The fraction of sp³-hybridized carbons (Fsp3) is 0.381. The van der Waals surface area contributed by atoms with Gasteiger partial charge < -0.3 is 10.4 Å². The molecule has 0 aromatic heterocycles. The van der Waals surface area contributed by atoms with Gasteiger partial charge >= 0.3 is 0 Å². The van der Waals surface area contributed by atoms with Gasteiger partial charge in [0, 0.05) is 10.6 Å². The molecule has 26 heavy (non-hydrogen) atoms. The van der Waals surface area contributed by atoms with Crippen molar-refractivity contribution >= 4 is 23.4 Å². The van der Waals surface area contributed by atoms with Gasteiger partial charge in [-0.2, -0.15) is 0 Å². The van der Waals surface area contributed by atoms with Crippen molar-refractivity contribution in [3.05, 3.63) is 54.1 Å². The van der Waals surface area contributed by atoms with Crippen molar-refractivity contribution < 1.29 is 9.90 Å². The third-order valence-electron chi connectivity index (χ3n) is 5.16. The standard InChI is InChI=1S/C21H26N2O2S/c1-15(21(25)22-18-4-3-5-20(14-18)26-2)23-12-10-17(11-13-23)16-6-8-19(24)9-7-16/h3-9,14-15,17,24H,10-13H2,1-2H3,(H,22,25). The highest BCUT2D eigenvalue weighted by atomic mass is 32.2. The first kappa shape index (κ1) is 18.8. The Bertz CT molecular complexity index is 740. The van der Waals surface area contributed by atoms with Crippen LogP contribution in [0, 0.1) is 0 Å². The second-order valence-electron chi connectivity index (χ2n) is 6.80. The van der Waals surface area contributed by atoms with E-state index in [0.717, 1.165) is 36.5 Å². The van der Waals surface area contributed by atoms with Gasteiger partial charge in [-0.1, -0.05) is 18.2 Å². The maximum Gasteiger partial charge on any atom is 0.241 e. The van der Waals surface area contributed by atoms with Gasteiger partial charge in [0.05, 0.1) is 6.04 Å². The van der Waals surface area contributed by atoms with Crippen LogP contribution in [0.5, 0.6) is 5.75 Å². The average molecular weight is 371 g/mol. The lowest BCUT2D eigenvalue weighted by atomic mass is 9.89. The van der Waals surface area contributed by atoms with Gasteiger partial charge in [0.1, 0.15) is 5.75 Å². The molecule has 0 radical (unpaired) electrons. The van der Waals surface area contributed by atoms with Crippen LogP contribution in [-0.4, -0.2) is 41.3 Å². The number of hydrogen-bond acceptors (Lipinski definition) is 4. The zero-order valence-corrected chi connectivity index (χ0v) is 16.1. The molecule has 1 saturated heterocycles. The van der Waals surface area contributed by atoms with Crippen LogP contribution in [0.15, 0.2) is 53.4 Å². The van der Waals surface area contributed by atoms with Gasteiger partial charge in [0.25, 0.3) is 0 Å². The highest BCUT2D eigenvalue weighted by Gasteiger charge is 2.27. The van der Waals surface area contributed by atoms with E-state index in [1.165, 1.54) is 5.56 Å². The van der Waals surface area contributed by atoms with Crippen LogP contribution < -0.4 is 5.32 Å². The van der Waals surface area contributed by atoms with Crippen molar-refractivity contribution in [3.63, 3.8) is 0 Å². The third kappa shape index (κ3) is 4.59. The Labute approximate surface area is 159 Å². The summed E-state index contributed by atoms with van der Waals surface area (Å²) in [6.45, 7) is 3.80. The van der Waals surface area contributed by atoms with E-state index in [0.29, 0.717) is 11.7 Å². The summed E-state index contributed by atoms with van der Waals surface area (Å²) in [6, 6.07) is 15.3. The Morgan fingerprint density at radius 1 is 1.19 bits per heavy atom. The zero-order valence-electron chi connectivity index (χ0n) is 15.3. The van der Waals surface area contributed by atoms with Crippen molar-refractivity contribution in [2.24, 2.45) is 0 Å². The topological polar surface area (TPSA) is 52.6 Å². The number of hydrogen-bond donors (Lipinski definition) is 2. The average Bonchev–Trinajstić information content (AvgIpc) is 2.68. The lowest BCUT2D eigenvalue weighted by Crippen LogP contribution is -2.45. The van der Waals surface area contributed by atoms with Gasteiger partial charge in [0.15, 0.2) is 0 Å². The Kier molecular flexibility index (Phi) is 6.22. The van der Waals surface area contributed by atoms with E-state index in [-0.39, 0.29) is 11.9 Å². The zero-order chi connectivity index (χ0) is 18.5. The van der Waals surface area contributed by atoms with Crippen molar-refractivity contribution in [1.29, 1.82) is 0 Å². The molecule has 0 bridgehead atoms. The number of phenolic OH excluding ortho intramolecular Hbond substituents is 1. The van der Waals surface area contributed by atoms with Crippen LogP contribution in [0.4, 0.5) is 5.69 Å². The maximum atomic E-state index is 12.6. The molecule has 2 aromatic rings. The van der Waals surface area contributed by atoms with E-state index >= 15 is 0 Å². The van der Waals surface area contributed by atoms with E-state index in [1.54, 1.807) is 23.9 Å². The Morgan fingerprint density at radius 2 is 1.88 bits per heavy atom. The number of anilines is 1. The molecule has 3 rings (SSSR count). The molecule has 2 aromatic carbocycles. The van der Waals surface area contributed by atoms with Crippen molar-refractivity contribution in [2.45, 2.75) is 36.6 Å². The molecule has 1 amide bonds. The van der Waals surface area contributed by atoms with Gasteiger partial charge in [-0.15, -0.1) is 11.8 Å². The Hall–Kier alpha value is -1.98. The number of thioether (sulfide) groups is 1. The quantitative estimate of drug-likeness (QED) is 0.770. The lowest BCUT2D eigenvalue weighted by Gasteiger charge is -2.35. The second kappa shape index (κ2) is 8.60. The summed E-state index contributed by atoms with van der Waals surface area (Å²) >= 11 is 1.67. The molecular weight excluding hydrogens is 344 g/mol. The number of nitrogens with zero attached hydrogens (tertiary/aromatic N) is 1. The summed E-state index contributed by atoms with van der Waals surface area (Å²) in [5, 5.41) is 12.5. The van der Waals surface area contributed by atoms with Gasteiger partial charge in [-0.05, 0) is 80.9 Å². The molecule has 4 nitrogen and oxygen atoms in total. The molecule has 0 aliphatic carbocycles. The molecule has 1 aliphatic rings. The highest BCUT2D eigenvalue weighted by Crippen LogP contribution is 2.30. The minimum atomic E-state index is -0.145. The largest absolute Gasteiger partial charge is 0.508 e. The number of rotatable bonds is 5. The molecule has 0 saturated carbocycles.